The van der Waals surface area contributed by atoms with E-state index in [2.05, 4.69) is 12.2 Å². The highest BCUT2D eigenvalue weighted by atomic mass is 32.2. The number of aromatic nitrogens is 2. The smallest absolute Gasteiger partial charge is 0.411 e. The number of nitrogens with zero attached hydrogens (tertiary/aromatic N) is 4. The third-order valence-electron chi connectivity index (χ3n) is 17.5. The van der Waals surface area contributed by atoms with Crippen molar-refractivity contribution < 1.29 is 79.8 Å². The number of ketones is 1. The summed E-state index contributed by atoms with van der Waals surface area (Å²) in [5.74, 6) is -2.96. The number of nitrogens with one attached hydrogen (secondary N) is 1. The van der Waals surface area contributed by atoms with Crippen LogP contribution in [0.5, 0.6) is 17.2 Å². The molecule has 1 N–H and O–H groups in total. The summed E-state index contributed by atoms with van der Waals surface area (Å²) < 4.78 is 80.5. The number of Topliss-reactive ketones (excluding diaryl/α,β-unsaturated/α-hetero) is 1. The number of amides is 3. The highest BCUT2D eigenvalue weighted by Crippen LogP contribution is 2.47. The SMILES string of the molecule is CCCCc1c2c(nc3cc4c(cc13)OCO4)-c1cc3c(c(=O)n1C2)COC(=O)[C@@]3(CC)OCN(CCS(C)(=O)=O)C(=O)OCc1ccc(O[C@@H]2O[C@H](C(C)=O)[C@@H](C)[C@H](C)[C@H]2OC(C)=O)c(NC(=O)CN(C)C(=O)OCC2c3ccccc3-c3ccccc32)c1. The Bertz CT molecular complexity index is 4010. The molecule has 90 heavy (non-hydrogen) atoms. The molecule has 4 aliphatic heterocycles. The average molecular weight is 1250 g/mol. The Hall–Kier alpha value is -8.87. The molecule has 6 atom stereocenters. The quantitative estimate of drug-likeness (QED) is 0.0401. The van der Waals surface area contributed by atoms with Crippen LogP contribution in [0, 0.1) is 11.8 Å². The molecule has 11 rings (SSSR count). The zero-order valence-electron chi connectivity index (χ0n) is 51.3. The van der Waals surface area contributed by atoms with Crippen LogP contribution < -0.4 is 25.1 Å². The Morgan fingerprint density at radius 2 is 1.57 bits per heavy atom. The molecule has 2 aromatic heterocycles. The molecule has 1 fully saturated rings. The molecule has 0 radical (unpaired) electrons. The van der Waals surface area contributed by atoms with Crippen LogP contribution in [0.4, 0.5) is 15.3 Å². The van der Waals surface area contributed by atoms with E-state index in [1.807, 2.05) is 60.7 Å². The predicted octanol–water partition coefficient (Wildman–Crippen LogP) is 8.53. The minimum absolute atomic E-state index is 0.00222. The highest BCUT2D eigenvalue weighted by Gasteiger charge is 2.50. The number of pyridine rings is 2. The van der Waals surface area contributed by atoms with Crippen LogP contribution in [-0.4, -0.2) is 134 Å². The number of likely N-dealkylation sites (N-methyl/N-ethyl adjacent to an activating group) is 1. The van der Waals surface area contributed by atoms with E-state index in [1.165, 1.54) is 39.1 Å². The Morgan fingerprint density at radius 1 is 0.856 bits per heavy atom. The molecule has 23 nitrogen and oxygen atoms in total. The van der Waals surface area contributed by atoms with Crippen molar-refractivity contribution in [3.8, 4) is 39.8 Å². The number of fused-ring (bicyclic) bond motifs is 9. The maximum Gasteiger partial charge on any atom is 0.411 e. The summed E-state index contributed by atoms with van der Waals surface area (Å²) in [4.78, 5) is 103. The molecular weight excluding hydrogens is 1180 g/mol. The number of sulfone groups is 1. The van der Waals surface area contributed by atoms with E-state index in [4.69, 9.17) is 47.6 Å². The number of hydrogen-bond acceptors (Lipinski definition) is 19. The number of carbonyl (C=O) groups is 6. The lowest BCUT2D eigenvalue weighted by Crippen LogP contribution is -2.55. The molecule has 6 heterocycles. The second-order valence-corrected chi connectivity index (χ2v) is 25.8. The Balaban J connectivity index is 0.845. The summed E-state index contributed by atoms with van der Waals surface area (Å²) in [6.45, 7) is 7.71. The number of rotatable bonds is 21. The maximum absolute atomic E-state index is 14.7. The monoisotopic (exact) mass is 1250 g/mol. The summed E-state index contributed by atoms with van der Waals surface area (Å²) in [5, 5.41) is 3.65. The number of esters is 2. The van der Waals surface area contributed by atoms with Gasteiger partial charge in [-0.25, -0.2) is 27.8 Å². The largest absolute Gasteiger partial charge is 0.459 e. The number of benzene rings is 4. The fourth-order valence-corrected chi connectivity index (χ4v) is 13.1. The Labute approximate surface area is 519 Å². The minimum atomic E-state index is -3.72. The van der Waals surface area contributed by atoms with Crippen molar-refractivity contribution in [1.29, 1.82) is 0 Å². The van der Waals surface area contributed by atoms with Gasteiger partial charge in [-0.2, -0.15) is 0 Å². The highest BCUT2D eigenvalue weighted by molar-refractivity contribution is 7.90. The number of hydrogen-bond donors (Lipinski definition) is 1. The topological polar surface area (TPSA) is 273 Å². The molecular formula is C66H71N5O18S. The van der Waals surface area contributed by atoms with E-state index in [0.29, 0.717) is 34.8 Å². The van der Waals surface area contributed by atoms with Gasteiger partial charge in [-0.15, -0.1) is 0 Å². The molecule has 474 valence electrons. The fourth-order valence-electron chi connectivity index (χ4n) is 12.6. The third-order valence-corrected chi connectivity index (χ3v) is 18.5. The third kappa shape index (κ3) is 12.3. The summed E-state index contributed by atoms with van der Waals surface area (Å²) in [7, 11) is -2.32. The standard InChI is InChI=1S/C66H71N5O18S/c1-9-11-16-45-46-26-55-56(85-35-84-55)28-51(46)68-58-47(45)29-71-53(58)27-50-49(61(71)75)33-81-63(76)66(50,10-2)86-34-70(23-24-90(8,79)80)65(78)82-31-40-21-22-54(88-62-60(87-39(6)73)37(4)36(3)59(89-62)38(5)72)52(25-40)67-57(74)30-69(7)64(77)83-32-48-43-19-14-12-17-41(43)42-18-13-15-20-44(42)48/h12-15,17-22,25-28,36-37,48,59-60,62H,9-11,16,23-24,29-35H2,1-8H3,(H,67,74)/t36-,37-,59-,60+,62+,66-/m0/s1. The number of aryl methyl sites for hydroxylation is 1. The van der Waals surface area contributed by atoms with Crippen molar-refractivity contribution in [3.05, 3.63) is 134 Å². The van der Waals surface area contributed by atoms with Crippen molar-refractivity contribution in [2.45, 2.75) is 117 Å². The van der Waals surface area contributed by atoms with Crippen LogP contribution in [0.25, 0.3) is 33.4 Å². The van der Waals surface area contributed by atoms with Gasteiger partial charge < -0.3 is 57.4 Å². The Morgan fingerprint density at radius 3 is 2.24 bits per heavy atom. The van der Waals surface area contributed by atoms with E-state index < -0.39 is 114 Å². The van der Waals surface area contributed by atoms with Crippen molar-refractivity contribution >= 4 is 62.2 Å². The van der Waals surface area contributed by atoms with E-state index in [-0.39, 0.29) is 72.8 Å². The first-order chi connectivity index (χ1) is 43.1. The number of anilines is 1. The van der Waals surface area contributed by atoms with Crippen LogP contribution >= 0.6 is 0 Å². The molecule has 0 bridgehead atoms. The van der Waals surface area contributed by atoms with Crippen LogP contribution in [0.15, 0.2) is 89.7 Å². The van der Waals surface area contributed by atoms with Crippen molar-refractivity contribution in [3.63, 3.8) is 0 Å². The van der Waals surface area contributed by atoms with Gasteiger partial charge in [-0.3, -0.25) is 24.1 Å². The molecule has 24 heteroatoms. The van der Waals surface area contributed by atoms with Gasteiger partial charge in [0, 0.05) is 61.2 Å². The first-order valence-electron chi connectivity index (χ1n) is 30.0. The zero-order chi connectivity index (χ0) is 63.9. The van der Waals surface area contributed by atoms with Gasteiger partial charge in [0.2, 0.25) is 19.0 Å². The number of ether oxygens (including phenoxy) is 9. The van der Waals surface area contributed by atoms with Crippen LogP contribution in [0.2, 0.25) is 0 Å². The molecule has 6 aromatic rings. The molecule has 1 aliphatic carbocycles. The molecule has 0 saturated carbocycles. The van der Waals surface area contributed by atoms with Crippen LogP contribution in [0.3, 0.4) is 0 Å². The summed E-state index contributed by atoms with van der Waals surface area (Å²) in [6.07, 6.45) is -1.77. The number of carbonyl (C=O) groups excluding carboxylic acids is 6. The summed E-state index contributed by atoms with van der Waals surface area (Å²) in [5.41, 5.74) is 5.84. The van der Waals surface area contributed by atoms with Gasteiger partial charge in [0.1, 0.15) is 54.8 Å². The van der Waals surface area contributed by atoms with Crippen molar-refractivity contribution in [2.24, 2.45) is 11.8 Å². The van der Waals surface area contributed by atoms with E-state index >= 15 is 0 Å². The molecule has 0 spiro atoms. The van der Waals surface area contributed by atoms with Gasteiger partial charge in [-0.05, 0) is 89.8 Å². The van der Waals surface area contributed by atoms with Crippen LogP contribution in [0.1, 0.15) is 106 Å². The van der Waals surface area contributed by atoms with Gasteiger partial charge >= 0.3 is 24.1 Å². The lowest BCUT2D eigenvalue weighted by Gasteiger charge is -2.42. The number of unbranched alkanes of at least 4 members (excludes halogenated alkanes) is 1. The zero-order valence-corrected chi connectivity index (χ0v) is 52.1. The van der Waals surface area contributed by atoms with E-state index in [1.54, 1.807) is 31.4 Å². The minimum Gasteiger partial charge on any atom is -0.459 e. The normalized spacial score (nSPS) is 20.2. The first-order valence-corrected chi connectivity index (χ1v) is 32.1. The predicted molar refractivity (Wildman–Crippen MR) is 326 cm³/mol. The number of cyclic esters (lactones) is 1. The molecule has 3 amide bonds. The van der Waals surface area contributed by atoms with Crippen molar-refractivity contribution in [2.75, 3.05) is 57.6 Å². The van der Waals surface area contributed by atoms with Gasteiger partial charge in [0.05, 0.1) is 40.5 Å². The second kappa shape index (κ2) is 25.6. The van der Waals surface area contributed by atoms with Crippen LogP contribution in [-0.2, 0) is 89.2 Å². The summed E-state index contributed by atoms with van der Waals surface area (Å²) >= 11 is 0. The lowest BCUT2D eigenvalue weighted by atomic mass is 9.82. The fraction of sp³-hybridized carbons (Fsp3) is 0.424. The molecule has 5 aliphatic rings. The summed E-state index contributed by atoms with van der Waals surface area (Å²) in [6, 6.07) is 25.6. The second-order valence-electron chi connectivity index (χ2n) is 23.5. The average Bonchev–Trinajstić information content (AvgIpc) is 1.45. The van der Waals surface area contributed by atoms with E-state index in [0.717, 1.165) is 67.7 Å². The Kier molecular flexibility index (Phi) is 17.8. The van der Waals surface area contributed by atoms with Crippen molar-refractivity contribution in [1.82, 2.24) is 19.4 Å². The van der Waals surface area contributed by atoms with Gasteiger partial charge in [0.25, 0.3) is 5.56 Å². The molecule has 4 aromatic carbocycles. The van der Waals surface area contributed by atoms with Gasteiger partial charge in [0.15, 0.2) is 29.0 Å². The first kappa shape index (κ1) is 62.7. The van der Waals surface area contributed by atoms with Gasteiger partial charge in [-0.1, -0.05) is 88.7 Å². The molecule has 1 saturated heterocycles. The lowest BCUT2D eigenvalue weighted by molar-refractivity contribution is -0.241. The molecule has 0 unspecified atom stereocenters. The maximum atomic E-state index is 14.7. The van der Waals surface area contributed by atoms with E-state index in [9.17, 15) is 42.0 Å².